The lowest BCUT2D eigenvalue weighted by Crippen LogP contribution is -2.00. The molecule has 16 heavy (non-hydrogen) atoms. The molecule has 1 heterocycles. The van der Waals surface area contributed by atoms with E-state index >= 15 is 0 Å². The van der Waals surface area contributed by atoms with Gasteiger partial charge in [0.05, 0.1) is 5.69 Å². The van der Waals surface area contributed by atoms with Gasteiger partial charge in [-0.2, -0.15) is 0 Å². The van der Waals surface area contributed by atoms with Crippen LogP contribution < -0.4 is 11.1 Å². The monoisotopic (exact) mass is 218 g/mol. The zero-order valence-electron chi connectivity index (χ0n) is 8.74. The zero-order valence-corrected chi connectivity index (χ0v) is 8.74. The Morgan fingerprint density at radius 3 is 2.81 bits per heavy atom. The van der Waals surface area contributed by atoms with Crippen molar-refractivity contribution in [1.29, 1.82) is 0 Å². The van der Waals surface area contributed by atoms with Gasteiger partial charge in [0.15, 0.2) is 0 Å². The molecule has 5 heteroatoms. The number of para-hydroxylation sites is 1. The number of halogens is 1. The quantitative estimate of drug-likeness (QED) is 0.811. The van der Waals surface area contributed by atoms with Gasteiger partial charge in [0, 0.05) is 6.07 Å². The van der Waals surface area contributed by atoms with Crippen LogP contribution in [0.2, 0.25) is 0 Å². The summed E-state index contributed by atoms with van der Waals surface area (Å²) in [5.74, 6) is 0.490. The van der Waals surface area contributed by atoms with Gasteiger partial charge in [-0.05, 0) is 18.6 Å². The van der Waals surface area contributed by atoms with E-state index in [-0.39, 0.29) is 5.82 Å². The Bertz CT molecular complexity index is 493. The predicted molar refractivity (Wildman–Crippen MR) is 60.9 cm³/mol. The number of aromatic nitrogens is 2. The topological polar surface area (TPSA) is 63.8 Å². The van der Waals surface area contributed by atoms with Crippen LogP contribution in [0, 0.1) is 12.7 Å². The first-order valence-corrected chi connectivity index (χ1v) is 4.76. The number of rotatable bonds is 2. The van der Waals surface area contributed by atoms with Crippen molar-refractivity contribution in [2.45, 2.75) is 6.92 Å². The summed E-state index contributed by atoms with van der Waals surface area (Å²) in [6.07, 6.45) is 1.33. The highest BCUT2D eigenvalue weighted by Gasteiger charge is 2.05. The van der Waals surface area contributed by atoms with Gasteiger partial charge in [0.2, 0.25) is 0 Å². The maximum atomic E-state index is 13.5. The Morgan fingerprint density at radius 1 is 1.31 bits per heavy atom. The number of nitrogen functional groups attached to an aromatic ring is 1. The van der Waals surface area contributed by atoms with Gasteiger partial charge in [0.25, 0.3) is 0 Å². The van der Waals surface area contributed by atoms with E-state index in [1.54, 1.807) is 12.1 Å². The second kappa shape index (κ2) is 4.14. The van der Waals surface area contributed by atoms with Crippen LogP contribution in [-0.4, -0.2) is 9.97 Å². The molecule has 4 nitrogen and oxygen atoms in total. The Balaban J connectivity index is 2.34. The smallest absolute Gasteiger partial charge is 0.146 e. The van der Waals surface area contributed by atoms with E-state index in [4.69, 9.17) is 5.73 Å². The van der Waals surface area contributed by atoms with Crippen molar-refractivity contribution in [1.82, 2.24) is 9.97 Å². The molecule has 82 valence electrons. The van der Waals surface area contributed by atoms with Crippen LogP contribution in [-0.2, 0) is 0 Å². The number of aryl methyl sites for hydroxylation is 1. The van der Waals surface area contributed by atoms with Gasteiger partial charge in [-0.15, -0.1) is 0 Å². The van der Waals surface area contributed by atoms with Gasteiger partial charge in [0.1, 0.15) is 23.8 Å². The summed E-state index contributed by atoms with van der Waals surface area (Å²) in [4.78, 5) is 7.71. The molecule has 0 atom stereocenters. The summed E-state index contributed by atoms with van der Waals surface area (Å²) < 4.78 is 13.5. The first kappa shape index (κ1) is 10.4. The number of anilines is 3. The molecule has 1 aromatic carbocycles. The zero-order chi connectivity index (χ0) is 11.5. The number of nitrogens with zero attached hydrogens (tertiary/aromatic N) is 2. The molecule has 0 bridgehead atoms. The molecule has 0 radical (unpaired) electrons. The van der Waals surface area contributed by atoms with Gasteiger partial charge in [-0.1, -0.05) is 12.1 Å². The van der Waals surface area contributed by atoms with Gasteiger partial charge in [-0.25, -0.2) is 14.4 Å². The van der Waals surface area contributed by atoms with Crippen LogP contribution in [0.1, 0.15) is 5.56 Å². The number of hydrogen-bond donors (Lipinski definition) is 2. The fourth-order valence-electron chi connectivity index (χ4n) is 1.36. The van der Waals surface area contributed by atoms with E-state index in [0.717, 1.165) is 5.56 Å². The summed E-state index contributed by atoms with van der Waals surface area (Å²) >= 11 is 0. The average Bonchev–Trinajstić information content (AvgIpc) is 2.24. The Labute approximate surface area is 92.3 Å². The fraction of sp³-hybridized carbons (Fsp3) is 0.0909. The largest absolute Gasteiger partial charge is 0.384 e. The Kier molecular flexibility index (Phi) is 2.68. The van der Waals surface area contributed by atoms with Crippen molar-refractivity contribution in [2.75, 3.05) is 11.1 Å². The van der Waals surface area contributed by atoms with E-state index in [0.29, 0.717) is 17.3 Å². The minimum absolute atomic E-state index is 0.322. The highest BCUT2D eigenvalue weighted by atomic mass is 19.1. The molecule has 0 aliphatic rings. The molecular weight excluding hydrogens is 207 g/mol. The van der Waals surface area contributed by atoms with Crippen molar-refractivity contribution in [3.63, 3.8) is 0 Å². The average molecular weight is 218 g/mol. The molecule has 0 spiro atoms. The van der Waals surface area contributed by atoms with Crippen molar-refractivity contribution in [3.8, 4) is 0 Å². The molecule has 0 aliphatic heterocycles. The SMILES string of the molecule is Cc1cccc(F)c1Nc1cc(N)ncn1. The van der Waals surface area contributed by atoms with Crippen molar-refractivity contribution >= 4 is 17.3 Å². The molecule has 0 amide bonds. The molecule has 0 fully saturated rings. The van der Waals surface area contributed by atoms with Gasteiger partial charge in [-0.3, -0.25) is 0 Å². The second-order valence-electron chi connectivity index (χ2n) is 3.38. The first-order valence-electron chi connectivity index (χ1n) is 4.76. The Hall–Kier alpha value is -2.17. The minimum atomic E-state index is -0.322. The maximum absolute atomic E-state index is 13.5. The number of benzene rings is 1. The third-order valence-corrected chi connectivity index (χ3v) is 2.16. The molecule has 0 saturated heterocycles. The van der Waals surface area contributed by atoms with Crippen LogP contribution in [0.3, 0.4) is 0 Å². The lowest BCUT2D eigenvalue weighted by molar-refractivity contribution is 0.631. The highest BCUT2D eigenvalue weighted by molar-refractivity contribution is 5.62. The molecule has 0 unspecified atom stereocenters. The third kappa shape index (κ3) is 2.08. The van der Waals surface area contributed by atoms with E-state index in [1.807, 2.05) is 13.0 Å². The number of nitrogens with two attached hydrogens (primary N) is 1. The van der Waals surface area contributed by atoms with Crippen LogP contribution in [0.15, 0.2) is 30.6 Å². The molecule has 2 rings (SSSR count). The number of hydrogen-bond acceptors (Lipinski definition) is 4. The molecule has 1 aromatic heterocycles. The maximum Gasteiger partial charge on any atom is 0.146 e. The summed E-state index contributed by atoms with van der Waals surface area (Å²) in [5.41, 5.74) is 6.71. The van der Waals surface area contributed by atoms with Gasteiger partial charge < -0.3 is 11.1 Å². The van der Waals surface area contributed by atoms with Crippen LogP contribution >= 0.6 is 0 Å². The van der Waals surface area contributed by atoms with E-state index in [1.165, 1.54) is 12.4 Å². The highest BCUT2D eigenvalue weighted by Crippen LogP contribution is 2.22. The molecule has 0 aliphatic carbocycles. The minimum Gasteiger partial charge on any atom is -0.384 e. The first-order chi connectivity index (χ1) is 7.66. The normalized spacial score (nSPS) is 10.1. The van der Waals surface area contributed by atoms with Crippen LogP contribution in [0.25, 0.3) is 0 Å². The molecule has 2 aromatic rings. The lowest BCUT2D eigenvalue weighted by atomic mass is 10.2. The summed E-state index contributed by atoms with van der Waals surface area (Å²) in [7, 11) is 0. The van der Waals surface area contributed by atoms with E-state index in [9.17, 15) is 4.39 Å². The number of nitrogens with one attached hydrogen (secondary N) is 1. The van der Waals surface area contributed by atoms with E-state index < -0.39 is 0 Å². The molecule has 3 N–H and O–H groups in total. The predicted octanol–water partition coefficient (Wildman–Crippen LogP) is 2.25. The third-order valence-electron chi connectivity index (χ3n) is 2.16. The molecule has 0 saturated carbocycles. The van der Waals surface area contributed by atoms with Crippen LogP contribution in [0.5, 0.6) is 0 Å². The van der Waals surface area contributed by atoms with E-state index in [2.05, 4.69) is 15.3 Å². The second-order valence-corrected chi connectivity index (χ2v) is 3.38. The van der Waals surface area contributed by atoms with Crippen LogP contribution in [0.4, 0.5) is 21.7 Å². The van der Waals surface area contributed by atoms with Crippen molar-refractivity contribution in [3.05, 3.63) is 42.0 Å². The fourth-order valence-corrected chi connectivity index (χ4v) is 1.36. The van der Waals surface area contributed by atoms with Crippen molar-refractivity contribution < 1.29 is 4.39 Å². The summed E-state index contributed by atoms with van der Waals surface area (Å²) in [6.45, 7) is 1.82. The lowest BCUT2D eigenvalue weighted by Gasteiger charge is -2.09. The standard InChI is InChI=1S/C11H11FN4/c1-7-3-2-4-8(12)11(7)16-10-5-9(13)14-6-15-10/h2-6H,1H3,(H3,13,14,15,16). The summed E-state index contributed by atoms with van der Waals surface area (Å²) in [5, 5.41) is 2.88. The Morgan fingerprint density at radius 2 is 2.12 bits per heavy atom. The molecular formula is C11H11FN4. The summed E-state index contributed by atoms with van der Waals surface area (Å²) in [6, 6.07) is 6.41. The van der Waals surface area contributed by atoms with Gasteiger partial charge >= 0.3 is 0 Å². The van der Waals surface area contributed by atoms with Crippen molar-refractivity contribution in [2.24, 2.45) is 0 Å².